The summed E-state index contributed by atoms with van der Waals surface area (Å²) in [6.07, 6.45) is 11.9. The molecule has 0 saturated carbocycles. The molecule has 0 aromatic carbocycles. The van der Waals surface area contributed by atoms with Crippen molar-refractivity contribution in [2.45, 2.75) is 179 Å². The molecule has 16 heteroatoms. The first-order valence-electron chi connectivity index (χ1n) is 19.2. The minimum absolute atomic E-state index is 0.00641. The molecule has 0 radical (unpaired) electrons. The van der Waals surface area contributed by atoms with E-state index in [0.717, 1.165) is 68.2 Å². The van der Waals surface area contributed by atoms with Gasteiger partial charge in [-0.3, -0.25) is 28.5 Å². The van der Waals surface area contributed by atoms with Gasteiger partial charge in [0, 0.05) is 25.1 Å². The monoisotopic (exact) mass is 762 g/mol. The van der Waals surface area contributed by atoms with Crippen LogP contribution < -0.4 is 11.2 Å². The number of hydrogen-bond donors (Lipinski definition) is 5. The van der Waals surface area contributed by atoms with E-state index in [-0.39, 0.29) is 12.8 Å². The van der Waals surface area contributed by atoms with Crippen molar-refractivity contribution in [1.29, 1.82) is 0 Å². The summed E-state index contributed by atoms with van der Waals surface area (Å²) in [7, 11) is -5.06. The molecule has 0 amide bonds. The molecule has 5 N–H and O–H groups in total. The lowest BCUT2D eigenvalue weighted by molar-refractivity contribution is -0.163. The first-order valence-corrected chi connectivity index (χ1v) is 20.9. The maximum atomic E-state index is 13.2. The number of aromatic amines is 1. The molecule has 0 aliphatic carbocycles. The summed E-state index contributed by atoms with van der Waals surface area (Å²) in [6, 6.07) is 1.01. The van der Waals surface area contributed by atoms with Crippen molar-refractivity contribution in [3.05, 3.63) is 33.1 Å². The number of aliphatic hydroxyl groups is 3. The number of nitrogens with one attached hydrogen (secondary N) is 1. The molecule has 1 fully saturated rings. The molecule has 300 valence electrons. The van der Waals surface area contributed by atoms with Crippen molar-refractivity contribution in [2.24, 2.45) is 0 Å². The van der Waals surface area contributed by atoms with E-state index in [2.05, 4.69) is 13.8 Å². The van der Waals surface area contributed by atoms with Gasteiger partial charge in [-0.05, 0) is 12.8 Å². The summed E-state index contributed by atoms with van der Waals surface area (Å²) in [5.41, 5.74) is -1.62. The van der Waals surface area contributed by atoms with Gasteiger partial charge in [0.25, 0.3) is 5.56 Å². The van der Waals surface area contributed by atoms with Gasteiger partial charge in [-0.25, -0.2) is 4.79 Å². The molecular formula is C36H63N2O13P. The van der Waals surface area contributed by atoms with Gasteiger partial charge in [0.05, 0.1) is 6.61 Å². The number of carbonyl (C=O) groups excluding carboxylic acids is 2. The topological polar surface area (TPSA) is 224 Å². The molecule has 2 heterocycles. The molecule has 1 aromatic rings. The van der Waals surface area contributed by atoms with Crippen LogP contribution in [0, 0.1) is 0 Å². The van der Waals surface area contributed by atoms with E-state index in [9.17, 15) is 44.0 Å². The largest absolute Gasteiger partial charge is 0.462 e. The normalized spacial score (nSPS) is 21.0. The molecular weight excluding hydrogens is 699 g/mol. The summed E-state index contributed by atoms with van der Waals surface area (Å²) in [4.78, 5) is 61.5. The van der Waals surface area contributed by atoms with Crippen LogP contribution >= 0.6 is 7.60 Å². The molecule has 1 aliphatic rings. The zero-order valence-corrected chi connectivity index (χ0v) is 31.9. The fourth-order valence-corrected chi connectivity index (χ4v) is 7.09. The first-order chi connectivity index (χ1) is 24.9. The van der Waals surface area contributed by atoms with Gasteiger partial charge in [0.1, 0.15) is 24.9 Å². The maximum Gasteiger partial charge on any atom is 0.360 e. The highest BCUT2D eigenvalue weighted by Crippen LogP contribution is 2.49. The summed E-state index contributed by atoms with van der Waals surface area (Å²) in [5, 5.41) is 31.9. The van der Waals surface area contributed by atoms with Crippen LogP contribution in [0.3, 0.4) is 0 Å². The van der Waals surface area contributed by atoms with Crippen LogP contribution in [0.4, 0.5) is 0 Å². The van der Waals surface area contributed by atoms with Gasteiger partial charge in [-0.1, -0.05) is 117 Å². The van der Waals surface area contributed by atoms with Gasteiger partial charge in [0.2, 0.25) is 0 Å². The first kappa shape index (κ1) is 45.8. The average Bonchev–Trinajstić information content (AvgIpc) is 3.39. The van der Waals surface area contributed by atoms with E-state index >= 15 is 0 Å². The number of nitrogens with zero attached hydrogens (tertiary/aromatic N) is 1. The minimum Gasteiger partial charge on any atom is -0.462 e. The van der Waals surface area contributed by atoms with E-state index in [4.69, 9.17) is 18.7 Å². The minimum atomic E-state index is -5.06. The van der Waals surface area contributed by atoms with E-state index in [1.165, 1.54) is 51.4 Å². The maximum absolute atomic E-state index is 13.2. The standard InChI is InChI=1S/C36H63N2O13P/c1-3-5-7-9-11-13-15-17-19-21-30(40)48-25-28(50-31(41)22-20-18-16-14-12-10-8-6-4-2)35(44)52(46,47)49-26-27-32(42)33(43)34(51-27)38-24-23-29(39)37-36(38)45/h23-24,27-28,32-35,42-44H,3-22,25-26H2,1-2H3,(H,46,47)(H,37,39,45)/t27-,28-,32-,33-,34-,35?/m1/s1. The third-order valence-electron chi connectivity index (χ3n) is 9.21. The molecule has 7 atom stereocenters. The Kier molecular flexibility index (Phi) is 22.5. The van der Waals surface area contributed by atoms with Gasteiger partial charge in [0.15, 0.2) is 18.2 Å². The zero-order valence-electron chi connectivity index (χ0n) is 31.0. The molecule has 1 saturated heterocycles. The molecule has 52 heavy (non-hydrogen) atoms. The van der Waals surface area contributed by atoms with Crippen LogP contribution in [0.2, 0.25) is 0 Å². The Bertz CT molecular complexity index is 1320. The van der Waals surface area contributed by atoms with E-state index in [1.807, 2.05) is 4.98 Å². The lowest BCUT2D eigenvalue weighted by Gasteiger charge is -2.27. The number of aromatic nitrogens is 2. The molecule has 1 aromatic heterocycles. The second-order valence-electron chi connectivity index (χ2n) is 13.7. The quantitative estimate of drug-likeness (QED) is 0.0414. The number of rotatable bonds is 29. The second-order valence-corrected chi connectivity index (χ2v) is 15.6. The Morgan fingerprint density at radius 2 is 1.33 bits per heavy atom. The number of aliphatic hydroxyl groups excluding tert-OH is 3. The number of esters is 2. The highest BCUT2D eigenvalue weighted by molar-refractivity contribution is 7.53. The molecule has 1 aliphatic heterocycles. The molecule has 2 unspecified atom stereocenters. The van der Waals surface area contributed by atoms with Crippen LogP contribution in [0.15, 0.2) is 21.9 Å². The molecule has 15 nitrogen and oxygen atoms in total. The molecule has 0 bridgehead atoms. The Morgan fingerprint density at radius 3 is 1.85 bits per heavy atom. The smallest absolute Gasteiger partial charge is 0.360 e. The molecule has 0 spiro atoms. The van der Waals surface area contributed by atoms with Crippen LogP contribution in [-0.4, -0.2) is 85.2 Å². The van der Waals surface area contributed by atoms with Crippen molar-refractivity contribution in [3.8, 4) is 0 Å². The van der Waals surface area contributed by atoms with E-state index < -0.39 is 80.5 Å². The lowest BCUT2D eigenvalue weighted by atomic mass is 10.1. The lowest BCUT2D eigenvalue weighted by Crippen LogP contribution is -2.38. The number of carbonyl (C=O) groups is 2. The number of hydrogen-bond acceptors (Lipinski definition) is 12. The van der Waals surface area contributed by atoms with E-state index in [0.29, 0.717) is 12.8 Å². The number of H-pyrrole nitrogens is 1. The van der Waals surface area contributed by atoms with Gasteiger partial charge >= 0.3 is 25.2 Å². The SMILES string of the molecule is CCCCCCCCCCCC(=O)OC[C@@H](OC(=O)CCCCCCCCCCC)C(O)P(=O)(O)OC[C@H]1O[C@@H](n2ccc(=O)[nH]c2=O)[C@H](O)[C@@H]1O. The van der Waals surface area contributed by atoms with Crippen molar-refractivity contribution < 1.29 is 53.1 Å². The van der Waals surface area contributed by atoms with Crippen LogP contribution in [0.1, 0.15) is 148 Å². The predicted octanol–water partition coefficient (Wildman–Crippen LogP) is 4.97. The fraction of sp³-hybridized carbons (Fsp3) is 0.833. The second kappa shape index (κ2) is 25.6. The van der Waals surface area contributed by atoms with Gasteiger partial charge < -0.3 is 38.9 Å². The summed E-state index contributed by atoms with van der Waals surface area (Å²) < 4.78 is 35.2. The molecule has 2 rings (SSSR count). The van der Waals surface area contributed by atoms with E-state index in [1.54, 1.807) is 0 Å². The average molecular weight is 763 g/mol. The van der Waals surface area contributed by atoms with Crippen molar-refractivity contribution in [1.82, 2.24) is 9.55 Å². The number of ether oxygens (including phenoxy) is 3. The number of unbranched alkanes of at least 4 members (excludes halogenated alkanes) is 16. The van der Waals surface area contributed by atoms with Gasteiger partial charge in [-0.2, -0.15) is 0 Å². The Hall–Kier alpha value is -2.39. The summed E-state index contributed by atoms with van der Waals surface area (Å²) >= 11 is 0. The van der Waals surface area contributed by atoms with Gasteiger partial charge in [-0.15, -0.1) is 0 Å². The van der Waals surface area contributed by atoms with Crippen molar-refractivity contribution >= 4 is 19.5 Å². The Labute approximate surface area is 306 Å². The summed E-state index contributed by atoms with van der Waals surface area (Å²) in [6.45, 7) is 2.83. The fourth-order valence-electron chi connectivity index (χ4n) is 6.01. The highest BCUT2D eigenvalue weighted by atomic mass is 31.2. The summed E-state index contributed by atoms with van der Waals surface area (Å²) in [5.74, 6) is -3.68. The highest BCUT2D eigenvalue weighted by Gasteiger charge is 2.47. The Balaban J connectivity index is 1.94. The van der Waals surface area contributed by atoms with Crippen LogP contribution in [0.25, 0.3) is 0 Å². The van der Waals surface area contributed by atoms with Crippen molar-refractivity contribution in [2.75, 3.05) is 13.2 Å². The van der Waals surface area contributed by atoms with Crippen LogP contribution in [0.5, 0.6) is 0 Å². The third-order valence-corrected chi connectivity index (χ3v) is 10.7. The zero-order chi connectivity index (χ0) is 38.4. The van der Waals surface area contributed by atoms with Crippen LogP contribution in [-0.2, 0) is 32.9 Å². The predicted molar refractivity (Wildman–Crippen MR) is 194 cm³/mol. The Morgan fingerprint density at radius 1 is 0.827 bits per heavy atom. The van der Waals surface area contributed by atoms with Crippen molar-refractivity contribution in [3.63, 3.8) is 0 Å². The third kappa shape index (κ3) is 17.2.